The summed E-state index contributed by atoms with van der Waals surface area (Å²) in [6, 6.07) is 15.8. The maximum absolute atomic E-state index is 13.4. The van der Waals surface area contributed by atoms with Gasteiger partial charge >= 0.3 is 6.18 Å². The Hall–Kier alpha value is -4.82. The summed E-state index contributed by atoms with van der Waals surface area (Å²) in [6.45, 7) is 0.0977. The fourth-order valence-corrected chi connectivity index (χ4v) is 5.68. The number of aryl methyl sites for hydroxylation is 1. The third-order valence-electron chi connectivity index (χ3n) is 8.19. The van der Waals surface area contributed by atoms with Crippen molar-refractivity contribution in [3.63, 3.8) is 0 Å². The molecular formula is C32H26F3N5O3. The standard InChI is InChI=1S/C32H26F3N5O3/c33-32(34,35)24-7-2-5-21(14-24)27(41)29(43)40-11-3-8-26-25(18-40)28(42)39-30(38-26)31(9-10-31)23-6-1-4-20(13-23)22-12-19(15-36)16-37-17-22/h1-2,4-7,12-14,16-17,27,41H,3,8-11,18H2,(H,38,39,42)/t27-/m1/s1. The highest BCUT2D eigenvalue weighted by atomic mass is 19.4. The number of benzene rings is 2. The van der Waals surface area contributed by atoms with Crippen LogP contribution in [0.2, 0.25) is 0 Å². The summed E-state index contributed by atoms with van der Waals surface area (Å²) in [4.78, 5) is 39.9. The lowest BCUT2D eigenvalue weighted by atomic mass is 9.91. The quantitative estimate of drug-likeness (QED) is 0.347. The molecule has 1 saturated carbocycles. The number of aliphatic hydroxyl groups excluding tert-OH is 1. The van der Waals surface area contributed by atoms with Gasteiger partial charge in [-0.3, -0.25) is 14.6 Å². The summed E-state index contributed by atoms with van der Waals surface area (Å²) in [5.74, 6) is -0.234. The third kappa shape index (κ3) is 5.42. The molecule has 4 aromatic rings. The van der Waals surface area contributed by atoms with Crippen molar-refractivity contribution in [3.05, 3.63) is 117 Å². The Morgan fingerprint density at radius 3 is 2.63 bits per heavy atom. The van der Waals surface area contributed by atoms with Gasteiger partial charge in [-0.1, -0.05) is 36.4 Å². The van der Waals surface area contributed by atoms with E-state index in [1.807, 2.05) is 24.3 Å². The molecule has 2 aromatic heterocycles. The average Bonchev–Trinajstić information content (AvgIpc) is 3.85. The highest BCUT2D eigenvalue weighted by Crippen LogP contribution is 2.52. The smallest absolute Gasteiger partial charge is 0.378 e. The Labute approximate surface area is 244 Å². The molecular weight excluding hydrogens is 559 g/mol. The molecule has 6 rings (SSSR count). The molecule has 8 nitrogen and oxygen atoms in total. The number of aliphatic hydroxyl groups is 1. The number of aromatic amines is 1. The highest BCUT2D eigenvalue weighted by Gasteiger charge is 2.49. The number of hydrogen-bond acceptors (Lipinski definition) is 6. The number of hydrogen-bond donors (Lipinski definition) is 2. The molecule has 1 amide bonds. The minimum Gasteiger partial charge on any atom is -0.378 e. The van der Waals surface area contributed by atoms with E-state index in [9.17, 15) is 33.1 Å². The van der Waals surface area contributed by atoms with Crippen LogP contribution >= 0.6 is 0 Å². The fourth-order valence-electron chi connectivity index (χ4n) is 5.68. The Morgan fingerprint density at radius 1 is 1.09 bits per heavy atom. The number of nitriles is 1. The van der Waals surface area contributed by atoms with Crippen molar-refractivity contribution < 1.29 is 23.1 Å². The third-order valence-corrected chi connectivity index (χ3v) is 8.19. The number of carbonyl (C=O) groups is 1. The maximum Gasteiger partial charge on any atom is 0.416 e. The summed E-state index contributed by atoms with van der Waals surface area (Å²) in [7, 11) is 0. The Balaban J connectivity index is 1.27. The zero-order valence-corrected chi connectivity index (χ0v) is 22.9. The number of alkyl halides is 3. The molecule has 1 atom stereocenters. The molecule has 0 bridgehead atoms. The number of fused-ring (bicyclic) bond motifs is 1. The SMILES string of the molecule is N#Cc1cncc(-c2cccc(C3(c4nc5c(c(=O)[nH]4)CN(C(=O)[C@H](O)c4cccc(C(F)(F)F)c4)CCC5)CC3)c2)c1. The second kappa shape index (κ2) is 10.8. The Bertz CT molecular complexity index is 1820. The molecule has 2 aromatic carbocycles. The second-order valence-corrected chi connectivity index (χ2v) is 11.0. The van der Waals surface area contributed by atoms with E-state index in [4.69, 9.17) is 4.98 Å². The lowest BCUT2D eigenvalue weighted by molar-refractivity contribution is -0.142. The van der Waals surface area contributed by atoms with Gasteiger partial charge in [0.1, 0.15) is 11.9 Å². The first kappa shape index (κ1) is 28.3. The Kier molecular flexibility index (Phi) is 7.10. The number of aromatic nitrogens is 3. The number of carbonyl (C=O) groups excluding carboxylic acids is 1. The molecule has 1 fully saturated rings. The average molecular weight is 586 g/mol. The molecule has 0 unspecified atom stereocenters. The van der Waals surface area contributed by atoms with Crippen LogP contribution in [0.25, 0.3) is 11.1 Å². The minimum atomic E-state index is -4.61. The normalized spacial score (nSPS) is 16.5. The summed E-state index contributed by atoms with van der Waals surface area (Å²) in [6.07, 6.45) is -0.768. The summed E-state index contributed by atoms with van der Waals surface area (Å²) in [5.41, 5.74) is 1.99. The molecule has 0 saturated heterocycles. The van der Waals surface area contributed by atoms with Gasteiger partial charge in [-0.15, -0.1) is 0 Å². The summed E-state index contributed by atoms with van der Waals surface area (Å²) < 4.78 is 39.5. The Morgan fingerprint density at radius 2 is 1.88 bits per heavy atom. The summed E-state index contributed by atoms with van der Waals surface area (Å²) >= 11 is 0. The minimum absolute atomic E-state index is 0.114. The molecule has 218 valence electrons. The van der Waals surface area contributed by atoms with E-state index in [1.54, 1.807) is 12.3 Å². The molecule has 0 radical (unpaired) electrons. The molecule has 1 aliphatic heterocycles. The van der Waals surface area contributed by atoms with Crippen molar-refractivity contribution in [3.8, 4) is 17.2 Å². The van der Waals surface area contributed by atoms with Gasteiger partial charge in [0.15, 0.2) is 6.10 Å². The number of halogens is 3. The zero-order chi connectivity index (χ0) is 30.4. The van der Waals surface area contributed by atoms with Gasteiger partial charge in [0, 0.05) is 24.5 Å². The molecule has 0 spiro atoms. The molecule has 2 N–H and O–H groups in total. The van der Waals surface area contributed by atoms with Crippen LogP contribution in [0.3, 0.4) is 0 Å². The molecule has 1 aliphatic carbocycles. The molecule has 2 aliphatic rings. The fraction of sp³-hybridized carbons (Fsp3) is 0.281. The lowest BCUT2D eigenvalue weighted by Gasteiger charge is -2.24. The lowest BCUT2D eigenvalue weighted by Crippen LogP contribution is -2.36. The van der Waals surface area contributed by atoms with Gasteiger partial charge in [-0.2, -0.15) is 18.4 Å². The van der Waals surface area contributed by atoms with Gasteiger partial charge in [0.05, 0.1) is 34.3 Å². The maximum atomic E-state index is 13.4. The van der Waals surface area contributed by atoms with Gasteiger partial charge in [0.25, 0.3) is 11.5 Å². The number of nitrogens with one attached hydrogen (secondary N) is 1. The van der Waals surface area contributed by atoms with Crippen molar-refractivity contribution in [1.29, 1.82) is 5.26 Å². The molecule has 11 heteroatoms. The molecule has 43 heavy (non-hydrogen) atoms. The van der Waals surface area contributed by atoms with E-state index < -0.39 is 29.2 Å². The van der Waals surface area contributed by atoms with Crippen LogP contribution in [0.1, 0.15) is 64.7 Å². The first-order valence-electron chi connectivity index (χ1n) is 13.8. The van der Waals surface area contributed by atoms with Gasteiger partial charge in [0.2, 0.25) is 0 Å². The predicted octanol–water partition coefficient (Wildman–Crippen LogP) is 4.81. The van der Waals surface area contributed by atoms with E-state index >= 15 is 0 Å². The van der Waals surface area contributed by atoms with Gasteiger partial charge in [-0.25, -0.2) is 4.98 Å². The van der Waals surface area contributed by atoms with Crippen LogP contribution in [0.15, 0.2) is 71.8 Å². The van der Waals surface area contributed by atoms with Crippen LogP contribution in [-0.4, -0.2) is 37.4 Å². The number of pyridine rings is 1. The predicted molar refractivity (Wildman–Crippen MR) is 149 cm³/mol. The number of nitrogens with zero attached hydrogens (tertiary/aromatic N) is 4. The monoisotopic (exact) mass is 585 g/mol. The number of amides is 1. The first-order valence-corrected chi connectivity index (χ1v) is 13.8. The van der Waals surface area contributed by atoms with Crippen molar-refractivity contribution in [1.82, 2.24) is 19.9 Å². The van der Waals surface area contributed by atoms with Crippen LogP contribution in [0.5, 0.6) is 0 Å². The number of H-pyrrole nitrogens is 1. The van der Waals surface area contributed by atoms with Crippen LogP contribution in [-0.2, 0) is 29.4 Å². The van der Waals surface area contributed by atoms with Crippen LogP contribution in [0, 0.1) is 11.3 Å². The largest absolute Gasteiger partial charge is 0.416 e. The van der Waals surface area contributed by atoms with Gasteiger partial charge in [-0.05, 0) is 60.6 Å². The zero-order valence-electron chi connectivity index (χ0n) is 22.9. The van der Waals surface area contributed by atoms with Crippen molar-refractivity contribution in [2.45, 2.75) is 49.9 Å². The summed E-state index contributed by atoms with van der Waals surface area (Å²) in [5, 5.41) is 19.9. The van der Waals surface area contributed by atoms with Gasteiger partial charge < -0.3 is 15.0 Å². The van der Waals surface area contributed by atoms with E-state index in [1.165, 1.54) is 17.2 Å². The second-order valence-electron chi connectivity index (χ2n) is 11.0. The first-order chi connectivity index (χ1) is 20.6. The topological polar surface area (TPSA) is 123 Å². The number of rotatable bonds is 5. The van der Waals surface area contributed by atoms with E-state index in [0.717, 1.165) is 47.7 Å². The highest BCUT2D eigenvalue weighted by molar-refractivity contribution is 5.82. The van der Waals surface area contributed by atoms with Crippen LogP contribution < -0.4 is 5.56 Å². The van der Waals surface area contributed by atoms with Crippen molar-refractivity contribution in [2.75, 3.05) is 6.54 Å². The van der Waals surface area contributed by atoms with E-state index in [0.29, 0.717) is 35.5 Å². The van der Waals surface area contributed by atoms with E-state index in [-0.39, 0.29) is 24.2 Å². The van der Waals surface area contributed by atoms with Crippen molar-refractivity contribution >= 4 is 5.91 Å². The van der Waals surface area contributed by atoms with Crippen LogP contribution in [0.4, 0.5) is 13.2 Å². The van der Waals surface area contributed by atoms with E-state index in [2.05, 4.69) is 16.0 Å². The molecule has 3 heterocycles. The van der Waals surface area contributed by atoms with Crippen molar-refractivity contribution in [2.24, 2.45) is 0 Å².